The van der Waals surface area contributed by atoms with Crippen LogP contribution in [0.1, 0.15) is 74.1 Å². The Labute approximate surface area is 273 Å². The summed E-state index contributed by atoms with van der Waals surface area (Å²) in [4.78, 5) is 52.3. The van der Waals surface area contributed by atoms with E-state index in [4.69, 9.17) is 44.0 Å². The number of rotatable bonds is 14. The lowest BCUT2D eigenvalue weighted by molar-refractivity contribution is -0.152. The van der Waals surface area contributed by atoms with E-state index >= 15 is 0 Å². The van der Waals surface area contributed by atoms with Gasteiger partial charge in [0, 0.05) is 6.54 Å². The van der Waals surface area contributed by atoms with Gasteiger partial charge in [0.25, 0.3) is 5.91 Å². The number of allylic oxidation sites excluding steroid dienone is 1. The summed E-state index contributed by atoms with van der Waals surface area (Å²) in [6, 6.07) is -2.62. The average molecular weight is 686 g/mol. The van der Waals surface area contributed by atoms with E-state index in [-0.39, 0.29) is 23.0 Å². The van der Waals surface area contributed by atoms with Crippen molar-refractivity contribution < 1.29 is 28.3 Å². The number of hydrogen-bond donors (Lipinski definition) is 3. The lowest BCUT2D eigenvalue weighted by Crippen LogP contribution is -2.61. The summed E-state index contributed by atoms with van der Waals surface area (Å²) in [5.41, 5.74) is 2.84. The van der Waals surface area contributed by atoms with Crippen molar-refractivity contribution in [3.05, 3.63) is 12.7 Å². The first-order valence-electron chi connectivity index (χ1n) is 14.8. The molecule has 1 unspecified atom stereocenters. The highest BCUT2D eigenvalue weighted by molar-refractivity contribution is 6.74. The summed E-state index contributed by atoms with van der Waals surface area (Å²) in [5, 5.41) is 6.86. The molecule has 1 heterocycles. The van der Waals surface area contributed by atoms with Crippen molar-refractivity contribution in [3.63, 3.8) is 0 Å². The van der Waals surface area contributed by atoms with Gasteiger partial charge in [-0.25, -0.2) is 5.43 Å². The molecule has 5 atom stereocenters. The second kappa shape index (κ2) is 16.8. The molecule has 1 saturated heterocycles. The minimum absolute atomic E-state index is 0.0351. The number of alkyl halides is 3. The van der Waals surface area contributed by atoms with Gasteiger partial charge < -0.3 is 19.8 Å². The maximum atomic E-state index is 13.4. The highest BCUT2D eigenvalue weighted by Gasteiger charge is 2.41. The lowest BCUT2D eigenvalue weighted by Gasteiger charge is -2.41. The van der Waals surface area contributed by atoms with Crippen LogP contribution in [0.5, 0.6) is 0 Å². The fourth-order valence-electron chi connectivity index (χ4n) is 4.20. The van der Waals surface area contributed by atoms with Crippen LogP contribution in [0.2, 0.25) is 18.1 Å². The molecule has 3 amide bonds. The van der Waals surface area contributed by atoms with Gasteiger partial charge >= 0.3 is 5.97 Å². The van der Waals surface area contributed by atoms with Gasteiger partial charge in [-0.1, -0.05) is 82.4 Å². The van der Waals surface area contributed by atoms with Gasteiger partial charge in [-0.3, -0.25) is 24.2 Å². The third kappa shape index (κ3) is 12.9. The number of ether oxygens (including phenoxy) is 1. The van der Waals surface area contributed by atoms with Crippen molar-refractivity contribution in [2.45, 2.75) is 120 Å². The first kappa shape index (κ1) is 39.7. The second-order valence-electron chi connectivity index (χ2n) is 13.1. The summed E-state index contributed by atoms with van der Waals surface area (Å²) >= 11 is 17.0. The standard InChI is InChI=1S/C29H51Cl3N4O6Si/c1-11-12-15-22(42-43(9,10)28(6,7)8)19(4)24(37)34-23(18(2)3)25(38)33-20(5)26(39)36-16-13-14-21(35-36)27(40)41-17-29(30,31)32/h11,18-23,35H,1,12-17H2,2-10H3,(H,33,38)(H,34,37)/t19-,20+,21?,22-,23+/m1/s1. The molecule has 43 heavy (non-hydrogen) atoms. The maximum absolute atomic E-state index is 13.4. The Bertz CT molecular complexity index is 986. The van der Waals surface area contributed by atoms with Crippen LogP contribution in [0, 0.1) is 11.8 Å². The summed E-state index contributed by atoms with van der Waals surface area (Å²) in [6.07, 6.45) is 3.75. The van der Waals surface area contributed by atoms with Crippen LogP contribution in [-0.2, 0) is 28.3 Å². The molecule has 0 saturated carbocycles. The second-order valence-corrected chi connectivity index (χ2v) is 20.3. The summed E-state index contributed by atoms with van der Waals surface area (Å²) < 4.78 is 9.92. The molecule has 0 aromatic rings. The predicted molar refractivity (Wildman–Crippen MR) is 174 cm³/mol. The molecule has 1 fully saturated rings. The van der Waals surface area contributed by atoms with E-state index in [1.807, 2.05) is 26.8 Å². The molecular formula is C29H51Cl3N4O6Si. The van der Waals surface area contributed by atoms with E-state index in [0.717, 1.165) is 0 Å². The zero-order valence-corrected chi connectivity index (χ0v) is 30.3. The van der Waals surface area contributed by atoms with Crippen molar-refractivity contribution in [1.29, 1.82) is 0 Å². The zero-order valence-electron chi connectivity index (χ0n) is 27.0. The quantitative estimate of drug-likeness (QED) is 0.101. The largest absolute Gasteiger partial charge is 0.460 e. The van der Waals surface area contributed by atoms with Crippen molar-refractivity contribution in [2.24, 2.45) is 11.8 Å². The SMILES string of the molecule is C=CCC[C@@H](O[Si](C)(C)C(C)(C)C)[C@@H](C)C(=O)N[C@H](C(=O)N[C@@H](C)C(=O)N1CCCC(C(=O)OCC(Cl)(Cl)Cl)N1)C(C)C. The van der Waals surface area contributed by atoms with Crippen molar-refractivity contribution in [1.82, 2.24) is 21.1 Å². The molecule has 0 aromatic carbocycles. The van der Waals surface area contributed by atoms with Gasteiger partial charge in [0.05, 0.1) is 12.0 Å². The van der Waals surface area contributed by atoms with Crippen LogP contribution in [0.25, 0.3) is 0 Å². The Hall–Kier alpha value is -1.37. The summed E-state index contributed by atoms with van der Waals surface area (Å²) in [7, 11) is -2.17. The Morgan fingerprint density at radius 3 is 2.19 bits per heavy atom. The van der Waals surface area contributed by atoms with E-state index in [9.17, 15) is 19.2 Å². The van der Waals surface area contributed by atoms with Crippen LogP contribution >= 0.6 is 34.8 Å². The fourth-order valence-corrected chi connectivity index (χ4v) is 5.80. The van der Waals surface area contributed by atoms with Gasteiger partial charge in [0.1, 0.15) is 24.7 Å². The number of hydrazine groups is 1. The molecule has 10 nitrogen and oxygen atoms in total. The van der Waals surface area contributed by atoms with E-state index in [0.29, 0.717) is 32.2 Å². The molecule has 0 aliphatic carbocycles. The number of hydrogen-bond acceptors (Lipinski definition) is 7. The van der Waals surface area contributed by atoms with Crippen LogP contribution in [0.3, 0.4) is 0 Å². The Morgan fingerprint density at radius 2 is 1.67 bits per heavy atom. The summed E-state index contributed by atoms with van der Waals surface area (Å²) in [6.45, 7) is 21.5. The summed E-state index contributed by atoms with van der Waals surface area (Å²) in [5.74, 6) is -2.65. The van der Waals surface area contributed by atoms with Crippen molar-refractivity contribution in [2.75, 3.05) is 13.2 Å². The van der Waals surface area contributed by atoms with E-state index in [1.165, 1.54) is 5.01 Å². The van der Waals surface area contributed by atoms with E-state index in [1.54, 1.807) is 6.92 Å². The maximum Gasteiger partial charge on any atom is 0.325 e. The van der Waals surface area contributed by atoms with Crippen LogP contribution in [-0.4, -0.2) is 78.2 Å². The lowest BCUT2D eigenvalue weighted by atomic mass is 9.97. The van der Waals surface area contributed by atoms with Gasteiger partial charge in [-0.05, 0) is 56.7 Å². The molecule has 0 spiro atoms. The number of esters is 1. The number of halogens is 3. The highest BCUT2D eigenvalue weighted by Crippen LogP contribution is 2.38. The molecule has 3 N–H and O–H groups in total. The monoisotopic (exact) mass is 684 g/mol. The molecule has 1 aliphatic rings. The number of carbonyl (C=O) groups is 4. The molecule has 0 radical (unpaired) electrons. The Balaban J connectivity index is 2.90. The third-order valence-electron chi connectivity index (χ3n) is 7.97. The molecule has 248 valence electrons. The van der Waals surface area contributed by atoms with Crippen molar-refractivity contribution >= 4 is 66.8 Å². The topological polar surface area (TPSA) is 126 Å². The molecule has 0 aromatic heterocycles. The van der Waals surface area contributed by atoms with Crippen LogP contribution in [0.15, 0.2) is 12.7 Å². The molecular weight excluding hydrogens is 635 g/mol. The Morgan fingerprint density at radius 1 is 1.07 bits per heavy atom. The average Bonchev–Trinajstić information content (AvgIpc) is 2.90. The predicted octanol–water partition coefficient (Wildman–Crippen LogP) is 5.03. The number of amides is 3. The number of carbonyl (C=O) groups excluding carboxylic acids is 4. The fraction of sp³-hybridized carbons (Fsp3) is 0.793. The van der Waals surface area contributed by atoms with E-state index in [2.05, 4.69) is 56.5 Å². The Kier molecular flexibility index (Phi) is 15.5. The first-order chi connectivity index (χ1) is 19.6. The highest BCUT2D eigenvalue weighted by atomic mass is 35.6. The van der Waals surface area contributed by atoms with Gasteiger partial charge in [-0.15, -0.1) is 6.58 Å². The minimum atomic E-state index is -2.17. The van der Waals surface area contributed by atoms with Crippen LogP contribution in [0.4, 0.5) is 0 Å². The molecule has 1 rings (SSSR count). The van der Waals surface area contributed by atoms with Gasteiger partial charge in [0.2, 0.25) is 15.6 Å². The number of nitrogens with zero attached hydrogens (tertiary/aromatic N) is 1. The van der Waals surface area contributed by atoms with Crippen LogP contribution < -0.4 is 16.1 Å². The smallest absolute Gasteiger partial charge is 0.325 e. The van der Waals surface area contributed by atoms with Gasteiger partial charge in [0.15, 0.2) is 8.32 Å². The number of nitrogens with one attached hydrogen (secondary N) is 3. The van der Waals surface area contributed by atoms with E-state index < -0.39 is 60.5 Å². The normalized spacial score (nSPS) is 19.2. The first-order valence-corrected chi connectivity index (χ1v) is 18.9. The minimum Gasteiger partial charge on any atom is -0.460 e. The van der Waals surface area contributed by atoms with Gasteiger partial charge in [-0.2, -0.15) is 0 Å². The molecule has 1 aliphatic heterocycles. The van der Waals surface area contributed by atoms with Crippen molar-refractivity contribution in [3.8, 4) is 0 Å². The molecule has 14 heteroatoms. The zero-order chi connectivity index (χ0) is 33.3. The third-order valence-corrected chi connectivity index (χ3v) is 12.8. The molecule has 0 bridgehead atoms.